The van der Waals surface area contributed by atoms with Crippen LogP contribution in [-0.4, -0.2) is 26.3 Å². The molecule has 0 saturated heterocycles. The maximum absolute atomic E-state index is 5.50. The molecule has 0 unspecified atom stereocenters. The average Bonchev–Trinajstić information content (AvgIpc) is 2.99. The summed E-state index contributed by atoms with van der Waals surface area (Å²) < 4.78 is 16.4. The number of aromatic nitrogens is 1. The second kappa shape index (κ2) is 6.47. The molecule has 4 heteroatoms. The molecule has 4 rings (SSSR count). The smallest absolute Gasteiger partial charge is 0.203 e. The zero-order valence-corrected chi connectivity index (χ0v) is 15.9. The van der Waals surface area contributed by atoms with Gasteiger partial charge in [0.15, 0.2) is 11.5 Å². The van der Waals surface area contributed by atoms with Crippen LogP contribution in [0.1, 0.15) is 16.8 Å². The number of aryl methyl sites for hydroxylation is 1. The standard InChI is InChI=1S/C23H21NO3/c1-13-17-7-6-15(10-19(17)18-8-9-24-14(2)22(13)18)16-11-20(25-3)23(27-5)21(12-16)26-4/h6-12H,1H2,2-5H3. The van der Waals surface area contributed by atoms with Crippen LogP contribution in [-0.2, 0) is 0 Å². The second-order valence-electron chi connectivity index (χ2n) is 6.47. The SMILES string of the molecule is C=C1c2ccc(-c3cc(OC)c(OC)c(OC)c3)cc2-c2ccnc(C)c21. The molecule has 2 aromatic carbocycles. The molecule has 136 valence electrons. The summed E-state index contributed by atoms with van der Waals surface area (Å²) in [6, 6.07) is 12.4. The van der Waals surface area contributed by atoms with E-state index in [0.29, 0.717) is 17.2 Å². The lowest BCUT2D eigenvalue weighted by Crippen LogP contribution is -1.95. The van der Waals surface area contributed by atoms with Crippen molar-refractivity contribution in [2.75, 3.05) is 21.3 Å². The van der Waals surface area contributed by atoms with Gasteiger partial charge in [0, 0.05) is 17.5 Å². The van der Waals surface area contributed by atoms with Gasteiger partial charge in [0.1, 0.15) is 0 Å². The summed E-state index contributed by atoms with van der Waals surface area (Å²) >= 11 is 0. The molecular formula is C23H21NO3. The fourth-order valence-electron chi connectivity index (χ4n) is 3.76. The van der Waals surface area contributed by atoms with Crippen molar-refractivity contribution in [3.8, 4) is 39.5 Å². The van der Waals surface area contributed by atoms with Gasteiger partial charge in [-0.3, -0.25) is 4.98 Å². The minimum Gasteiger partial charge on any atom is -0.493 e. The van der Waals surface area contributed by atoms with E-state index in [-0.39, 0.29) is 0 Å². The Kier molecular flexibility index (Phi) is 4.11. The fourth-order valence-corrected chi connectivity index (χ4v) is 3.76. The lowest BCUT2D eigenvalue weighted by atomic mass is 9.98. The number of methoxy groups -OCH3 is 3. The molecule has 27 heavy (non-hydrogen) atoms. The number of benzene rings is 2. The Labute approximate surface area is 159 Å². The maximum atomic E-state index is 5.50. The van der Waals surface area contributed by atoms with Crippen LogP contribution in [0.25, 0.3) is 27.8 Å². The fraction of sp³-hybridized carbons (Fsp3) is 0.174. The number of rotatable bonds is 4. The van der Waals surface area contributed by atoms with E-state index in [1.807, 2.05) is 25.3 Å². The molecule has 0 bridgehead atoms. The van der Waals surface area contributed by atoms with Crippen molar-refractivity contribution >= 4 is 5.57 Å². The van der Waals surface area contributed by atoms with E-state index in [4.69, 9.17) is 14.2 Å². The van der Waals surface area contributed by atoms with E-state index in [9.17, 15) is 0 Å². The largest absolute Gasteiger partial charge is 0.493 e. The highest BCUT2D eigenvalue weighted by Gasteiger charge is 2.25. The zero-order valence-electron chi connectivity index (χ0n) is 15.9. The first-order valence-corrected chi connectivity index (χ1v) is 8.69. The van der Waals surface area contributed by atoms with Crippen LogP contribution in [0.3, 0.4) is 0 Å². The predicted molar refractivity (Wildman–Crippen MR) is 108 cm³/mol. The van der Waals surface area contributed by atoms with Crippen LogP contribution >= 0.6 is 0 Å². The topological polar surface area (TPSA) is 40.6 Å². The van der Waals surface area contributed by atoms with Gasteiger partial charge >= 0.3 is 0 Å². The Bertz CT molecular complexity index is 1040. The van der Waals surface area contributed by atoms with Gasteiger partial charge in [0.25, 0.3) is 0 Å². The molecule has 0 spiro atoms. The highest BCUT2D eigenvalue weighted by molar-refractivity contribution is 6.02. The Morgan fingerprint density at radius 1 is 0.778 bits per heavy atom. The van der Waals surface area contributed by atoms with E-state index in [1.165, 1.54) is 11.1 Å². The Hall–Kier alpha value is -3.27. The zero-order chi connectivity index (χ0) is 19.1. The van der Waals surface area contributed by atoms with Crippen molar-refractivity contribution in [1.82, 2.24) is 4.98 Å². The molecule has 1 aliphatic carbocycles. The van der Waals surface area contributed by atoms with Crippen LogP contribution in [0, 0.1) is 6.92 Å². The summed E-state index contributed by atoms with van der Waals surface area (Å²) in [5.41, 5.74) is 8.74. The van der Waals surface area contributed by atoms with Gasteiger partial charge in [-0.2, -0.15) is 0 Å². The molecule has 1 aromatic heterocycles. The molecule has 0 fully saturated rings. The van der Waals surface area contributed by atoms with Gasteiger partial charge in [-0.25, -0.2) is 0 Å². The molecule has 1 heterocycles. The quantitative estimate of drug-likeness (QED) is 0.507. The Morgan fingerprint density at radius 3 is 2.11 bits per heavy atom. The molecule has 0 N–H and O–H groups in total. The number of fused-ring (bicyclic) bond motifs is 3. The van der Waals surface area contributed by atoms with Gasteiger partial charge in [-0.1, -0.05) is 18.7 Å². The summed E-state index contributed by atoms with van der Waals surface area (Å²) in [5, 5.41) is 0. The average molecular weight is 359 g/mol. The molecule has 1 aliphatic rings. The van der Waals surface area contributed by atoms with Gasteiger partial charge in [-0.05, 0) is 64.6 Å². The van der Waals surface area contributed by atoms with Gasteiger partial charge in [0.05, 0.1) is 21.3 Å². The van der Waals surface area contributed by atoms with Crippen LogP contribution in [0.4, 0.5) is 0 Å². The normalized spacial score (nSPS) is 11.8. The lowest BCUT2D eigenvalue weighted by molar-refractivity contribution is 0.324. The summed E-state index contributed by atoms with van der Waals surface area (Å²) in [7, 11) is 4.86. The number of pyridine rings is 1. The minimum atomic E-state index is 0.588. The highest BCUT2D eigenvalue weighted by atomic mass is 16.5. The van der Waals surface area contributed by atoms with E-state index in [0.717, 1.165) is 33.5 Å². The van der Waals surface area contributed by atoms with Crippen LogP contribution in [0.5, 0.6) is 17.2 Å². The Balaban J connectivity index is 1.90. The predicted octanol–water partition coefficient (Wildman–Crippen LogP) is 5.12. The van der Waals surface area contributed by atoms with Gasteiger partial charge < -0.3 is 14.2 Å². The van der Waals surface area contributed by atoms with E-state index in [2.05, 4.69) is 35.8 Å². The summed E-state index contributed by atoms with van der Waals surface area (Å²) in [4.78, 5) is 4.42. The van der Waals surface area contributed by atoms with Crippen molar-refractivity contribution in [2.45, 2.75) is 6.92 Å². The first-order valence-electron chi connectivity index (χ1n) is 8.69. The lowest BCUT2D eigenvalue weighted by Gasteiger charge is -2.15. The molecule has 0 saturated carbocycles. The van der Waals surface area contributed by atoms with E-state index in [1.54, 1.807) is 21.3 Å². The third-order valence-corrected chi connectivity index (χ3v) is 5.08. The number of hydrogen-bond acceptors (Lipinski definition) is 4. The highest BCUT2D eigenvalue weighted by Crippen LogP contribution is 2.47. The molecular weight excluding hydrogens is 338 g/mol. The van der Waals surface area contributed by atoms with Crippen molar-refractivity contribution in [2.24, 2.45) is 0 Å². The summed E-state index contributed by atoms with van der Waals surface area (Å²) in [6.07, 6.45) is 1.85. The van der Waals surface area contributed by atoms with Crippen LogP contribution in [0.2, 0.25) is 0 Å². The maximum Gasteiger partial charge on any atom is 0.203 e. The first-order chi connectivity index (χ1) is 13.1. The minimum absolute atomic E-state index is 0.588. The summed E-state index contributed by atoms with van der Waals surface area (Å²) in [5.74, 6) is 1.86. The van der Waals surface area contributed by atoms with Crippen molar-refractivity contribution in [1.29, 1.82) is 0 Å². The van der Waals surface area contributed by atoms with Gasteiger partial charge in [0.2, 0.25) is 5.75 Å². The monoisotopic (exact) mass is 359 g/mol. The molecule has 3 aromatic rings. The Morgan fingerprint density at radius 2 is 1.48 bits per heavy atom. The number of hydrogen-bond donors (Lipinski definition) is 0. The van der Waals surface area contributed by atoms with E-state index >= 15 is 0 Å². The molecule has 0 atom stereocenters. The van der Waals surface area contributed by atoms with Gasteiger partial charge in [-0.15, -0.1) is 0 Å². The third-order valence-electron chi connectivity index (χ3n) is 5.08. The second-order valence-corrected chi connectivity index (χ2v) is 6.47. The van der Waals surface area contributed by atoms with Crippen LogP contribution in [0.15, 0.2) is 49.2 Å². The van der Waals surface area contributed by atoms with Crippen LogP contribution < -0.4 is 14.2 Å². The number of ether oxygens (including phenoxy) is 3. The molecule has 0 aliphatic heterocycles. The van der Waals surface area contributed by atoms with Crippen molar-refractivity contribution in [3.05, 3.63) is 66.0 Å². The van der Waals surface area contributed by atoms with Crippen molar-refractivity contribution in [3.63, 3.8) is 0 Å². The molecule has 0 radical (unpaired) electrons. The van der Waals surface area contributed by atoms with E-state index < -0.39 is 0 Å². The van der Waals surface area contributed by atoms with Crippen molar-refractivity contribution < 1.29 is 14.2 Å². The first kappa shape index (κ1) is 17.2. The summed E-state index contributed by atoms with van der Waals surface area (Å²) in [6.45, 7) is 6.30. The molecule has 0 amide bonds. The third kappa shape index (κ3) is 2.56. The number of nitrogens with zero attached hydrogens (tertiary/aromatic N) is 1. The molecule has 4 nitrogen and oxygen atoms in total.